The van der Waals surface area contributed by atoms with E-state index in [-0.39, 0.29) is 23.2 Å². The Kier molecular flexibility index (Phi) is 5.45. The quantitative estimate of drug-likeness (QED) is 0.556. The molecule has 3 aromatic heterocycles. The summed E-state index contributed by atoms with van der Waals surface area (Å²) in [6, 6.07) is 5.36. The molecule has 1 aliphatic heterocycles. The van der Waals surface area contributed by atoms with Gasteiger partial charge < -0.3 is 9.42 Å². The van der Waals surface area contributed by atoms with Crippen molar-refractivity contribution in [2.24, 2.45) is 0 Å². The molecule has 1 amide bonds. The average molecular weight is 479 g/mol. The minimum atomic E-state index is -3.63. The second-order valence-electron chi connectivity index (χ2n) is 7.85. The molecular formula is C20H22N4O4S3. The van der Waals surface area contributed by atoms with Crippen LogP contribution in [0, 0.1) is 6.92 Å². The van der Waals surface area contributed by atoms with E-state index in [1.54, 1.807) is 16.3 Å². The minimum Gasteiger partial charge on any atom is -0.339 e. The van der Waals surface area contributed by atoms with E-state index in [0.29, 0.717) is 41.2 Å². The van der Waals surface area contributed by atoms with Crippen LogP contribution in [0.3, 0.4) is 0 Å². The molecule has 3 aromatic rings. The summed E-state index contributed by atoms with van der Waals surface area (Å²) in [5, 5.41) is 5.78. The number of carbonyl (C=O) groups excluding carboxylic acids is 1. The summed E-state index contributed by atoms with van der Waals surface area (Å²) in [7, 11) is -3.63. The molecular weight excluding hydrogens is 456 g/mol. The van der Waals surface area contributed by atoms with Gasteiger partial charge in [-0.3, -0.25) is 4.79 Å². The van der Waals surface area contributed by atoms with E-state index in [4.69, 9.17) is 4.52 Å². The van der Waals surface area contributed by atoms with Gasteiger partial charge in [0, 0.05) is 47.9 Å². The summed E-state index contributed by atoms with van der Waals surface area (Å²) in [6.07, 6.45) is 3.30. The van der Waals surface area contributed by atoms with Crippen LogP contribution in [0.1, 0.15) is 45.6 Å². The normalized spacial score (nSPS) is 18.3. The fourth-order valence-electron chi connectivity index (χ4n) is 3.71. The van der Waals surface area contributed by atoms with E-state index < -0.39 is 10.0 Å². The third kappa shape index (κ3) is 3.95. The Hall–Kier alpha value is -2.08. The number of nitrogens with zero attached hydrogens (tertiary/aromatic N) is 4. The van der Waals surface area contributed by atoms with E-state index >= 15 is 0 Å². The molecule has 31 heavy (non-hydrogen) atoms. The first-order chi connectivity index (χ1) is 14.9. The van der Waals surface area contributed by atoms with Crippen molar-refractivity contribution in [3.05, 3.63) is 39.2 Å². The second-order valence-corrected chi connectivity index (χ2v) is 12.2. The molecule has 4 heterocycles. The highest BCUT2D eigenvalue weighted by Gasteiger charge is 2.32. The lowest BCUT2D eigenvalue weighted by Crippen LogP contribution is -2.50. The van der Waals surface area contributed by atoms with E-state index in [9.17, 15) is 13.2 Å². The number of carbonyl (C=O) groups is 1. The lowest BCUT2D eigenvalue weighted by Gasteiger charge is -2.33. The zero-order chi connectivity index (χ0) is 21.6. The van der Waals surface area contributed by atoms with Gasteiger partial charge in [0.2, 0.25) is 11.7 Å². The lowest BCUT2D eigenvalue weighted by molar-refractivity contribution is 0.0703. The Bertz CT molecular complexity index is 1200. The largest absolute Gasteiger partial charge is 0.339 e. The Morgan fingerprint density at radius 2 is 1.97 bits per heavy atom. The van der Waals surface area contributed by atoms with E-state index in [2.05, 4.69) is 10.1 Å². The number of hydrogen-bond acceptors (Lipinski definition) is 8. The van der Waals surface area contributed by atoms with Gasteiger partial charge in [0.15, 0.2) is 0 Å². The Balaban J connectivity index is 1.26. The maximum absolute atomic E-state index is 13.1. The number of aromatic nitrogens is 2. The second kappa shape index (κ2) is 8.12. The molecule has 164 valence electrons. The lowest BCUT2D eigenvalue weighted by atomic mass is 9.85. The van der Waals surface area contributed by atoms with E-state index in [1.165, 1.54) is 22.1 Å². The number of aryl methyl sites for hydroxylation is 1. The molecule has 0 atom stereocenters. The molecule has 0 radical (unpaired) electrons. The van der Waals surface area contributed by atoms with Gasteiger partial charge in [-0.25, -0.2) is 8.42 Å². The van der Waals surface area contributed by atoms with Crippen LogP contribution in [0.4, 0.5) is 0 Å². The number of amides is 1. The van der Waals surface area contributed by atoms with Gasteiger partial charge in [-0.15, -0.1) is 22.7 Å². The molecule has 0 spiro atoms. The van der Waals surface area contributed by atoms with Crippen molar-refractivity contribution < 1.29 is 17.7 Å². The standard InChI is InChI=1S/C20H22N4O4S3/c1-13-5-6-16(30-13)20(25)23-7-9-24(10-8-23)31(26,27)17-11-15(12-29-17)18-21-19(28-22-18)14-3-2-4-14/h5-6,11-12,14H,2-4,7-10H2,1H3. The van der Waals surface area contributed by atoms with Crippen molar-refractivity contribution in [1.82, 2.24) is 19.3 Å². The van der Waals surface area contributed by atoms with Crippen LogP contribution in [0.5, 0.6) is 0 Å². The molecule has 8 nitrogen and oxygen atoms in total. The highest BCUT2D eigenvalue weighted by Crippen LogP contribution is 2.37. The number of rotatable bonds is 5. The first-order valence-electron chi connectivity index (χ1n) is 10.2. The van der Waals surface area contributed by atoms with Crippen LogP contribution in [-0.2, 0) is 10.0 Å². The van der Waals surface area contributed by atoms with Crippen LogP contribution in [0.15, 0.2) is 32.3 Å². The maximum atomic E-state index is 13.1. The zero-order valence-corrected chi connectivity index (χ0v) is 19.4. The van der Waals surface area contributed by atoms with E-state index in [1.807, 2.05) is 19.1 Å². The summed E-state index contributed by atoms with van der Waals surface area (Å²) in [4.78, 5) is 20.6. The van der Waals surface area contributed by atoms with Crippen molar-refractivity contribution in [3.63, 3.8) is 0 Å². The summed E-state index contributed by atoms with van der Waals surface area (Å²) >= 11 is 2.62. The third-order valence-corrected chi connectivity index (χ3v) is 10.1. The van der Waals surface area contributed by atoms with Crippen molar-refractivity contribution in [2.45, 2.75) is 36.3 Å². The van der Waals surface area contributed by atoms with Gasteiger partial charge in [0.05, 0.1) is 4.88 Å². The molecule has 1 saturated heterocycles. The van der Waals surface area contributed by atoms with E-state index in [0.717, 1.165) is 29.1 Å². The smallest absolute Gasteiger partial charge is 0.264 e. The molecule has 2 aliphatic rings. The first-order valence-corrected chi connectivity index (χ1v) is 13.3. The van der Waals surface area contributed by atoms with Gasteiger partial charge in [-0.05, 0) is 38.0 Å². The molecule has 0 N–H and O–H groups in total. The molecule has 0 aromatic carbocycles. The molecule has 11 heteroatoms. The summed E-state index contributed by atoms with van der Waals surface area (Å²) in [5.41, 5.74) is 0.653. The Labute approximate surface area is 188 Å². The highest BCUT2D eigenvalue weighted by atomic mass is 32.2. The van der Waals surface area contributed by atoms with Gasteiger partial charge in [0.25, 0.3) is 15.9 Å². The number of thiophene rings is 2. The molecule has 0 unspecified atom stereocenters. The highest BCUT2D eigenvalue weighted by molar-refractivity contribution is 7.91. The van der Waals surface area contributed by atoms with Crippen molar-refractivity contribution in [3.8, 4) is 11.4 Å². The van der Waals surface area contributed by atoms with Crippen LogP contribution in [0.2, 0.25) is 0 Å². The number of hydrogen-bond donors (Lipinski definition) is 0. The topological polar surface area (TPSA) is 96.6 Å². The number of piperazine rings is 1. The summed E-state index contributed by atoms with van der Waals surface area (Å²) in [6.45, 7) is 3.27. The predicted molar refractivity (Wildman–Crippen MR) is 118 cm³/mol. The molecule has 2 fully saturated rings. The maximum Gasteiger partial charge on any atom is 0.264 e. The fraction of sp³-hybridized carbons (Fsp3) is 0.450. The molecule has 0 bridgehead atoms. The zero-order valence-electron chi connectivity index (χ0n) is 17.0. The Morgan fingerprint density at radius 1 is 1.19 bits per heavy atom. The Morgan fingerprint density at radius 3 is 2.61 bits per heavy atom. The first kappa shape index (κ1) is 20.8. The van der Waals surface area contributed by atoms with Gasteiger partial charge in [-0.1, -0.05) is 11.6 Å². The van der Waals surface area contributed by atoms with Crippen molar-refractivity contribution >= 4 is 38.6 Å². The predicted octanol–water partition coefficient (Wildman–Crippen LogP) is 3.58. The summed E-state index contributed by atoms with van der Waals surface area (Å²) in [5.74, 6) is 1.37. The van der Waals surface area contributed by atoms with Crippen molar-refractivity contribution in [2.75, 3.05) is 26.2 Å². The van der Waals surface area contributed by atoms with Gasteiger partial charge in [0.1, 0.15) is 4.21 Å². The molecule has 5 rings (SSSR count). The van der Waals surface area contributed by atoms with Crippen LogP contribution in [0.25, 0.3) is 11.4 Å². The van der Waals surface area contributed by atoms with Crippen LogP contribution in [-0.4, -0.2) is 59.8 Å². The number of sulfonamides is 1. The SMILES string of the molecule is Cc1ccc(C(=O)N2CCN(S(=O)(=O)c3cc(-c4noc(C5CCC5)n4)cs3)CC2)s1. The average Bonchev–Trinajstić information content (AvgIpc) is 3.47. The van der Waals surface area contributed by atoms with Gasteiger partial charge >= 0.3 is 0 Å². The van der Waals surface area contributed by atoms with Crippen LogP contribution >= 0.6 is 22.7 Å². The minimum absolute atomic E-state index is 0.0343. The molecule has 1 saturated carbocycles. The summed E-state index contributed by atoms with van der Waals surface area (Å²) < 4.78 is 33.3. The third-order valence-electron chi connectivity index (χ3n) is 5.80. The fourth-order valence-corrected chi connectivity index (χ4v) is 7.28. The van der Waals surface area contributed by atoms with Crippen LogP contribution < -0.4 is 0 Å². The monoisotopic (exact) mass is 478 g/mol. The van der Waals surface area contributed by atoms with Gasteiger partial charge in [-0.2, -0.15) is 9.29 Å². The molecule has 1 aliphatic carbocycles. The van der Waals surface area contributed by atoms with Crippen molar-refractivity contribution in [1.29, 1.82) is 0 Å².